The Kier molecular flexibility index (Phi) is 4.59. The highest BCUT2D eigenvalue weighted by Crippen LogP contribution is 2.10. The largest absolute Gasteiger partial charge is 0.481 e. The Hall–Kier alpha value is -2.18. The number of nitrogens with zero attached hydrogens (tertiary/aromatic N) is 3. The molecule has 7 nitrogen and oxygen atoms in total. The summed E-state index contributed by atoms with van der Waals surface area (Å²) >= 11 is 0. The molecule has 7 heteroatoms. The minimum Gasteiger partial charge on any atom is -0.481 e. The molecule has 18 heavy (non-hydrogen) atoms. The van der Waals surface area contributed by atoms with Crippen molar-refractivity contribution in [3.63, 3.8) is 0 Å². The first-order valence-electron chi connectivity index (χ1n) is 5.31. The number of carboxylic acid groups (broad SMARTS) is 1. The van der Waals surface area contributed by atoms with E-state index in [9.17, 15) is 9.59 Å². The molecule has 0 aliphatic rings. The van der Waals surface area contributed by atoms with Crippen molar-refractivity contribution >= 4 is 17.8 Å². The van der Waals surface area contributed by atoms with E-state index < -0.39 is 17.9 Å². The number of carboxylic acids is 1. The van der Waals surface area contributed by atoms with Crippen molar-refractivity contribution in [1.29, 1.82) is 0 Å². The van der Waals surface area contributed by atoms with Crippen LogP contribution in [-0.2, 0) is 9.53 Å². The number of esters is 1. The summed E-state index contributed by atoms with van der Waals surface area (Å²) < 4.78 is 4.51. The SMILES string of the molecule is COC(=O)c1nccc(N(C)CC(C)C(=O)O)n1. The molecule has 0 spiro atoms. The number of methoxy groups -OCH3 is 1. The number of aromatic nitrogens is 2. The molecular formula is C11H15N3O4. The normalized spacial score (nSPS) is 11.7. The van der Waals surface area contributed by atoms with Crippen molar-refractivity contribution in [3.05, 3.63) is 18.1 Å². The van der Waals surface area contributed by atoms with Crippen molar-refractivity contribution in [2.24, 2.45) is 5.92 Å². The Bertz CT molecular complexity index is 450. The van der Waals surface area contributed by atoms with Gasteiger partial charge in [-0.2, -0.15) is 0 Å². The van der Waals surface area contributed by atoms with E-state index in [4.69, 9.17) is 5.11 Å². The van der Waals surface area contributed by atoms with Crippen LogP contribution in [0.15, 0.2) is 12.3 Å². The monoisotopic (exact) mass is 253 g/mol. The summed E-state index contributed by atoms with van der Waals surface area (Å²) in [5, 5.41) is 8.83. The van der Waals surface area contributed by atoms with Crippen molar-refractivity contribution in [1.82, 2.24) is 9.97 Å². The molecule has 1 aromatic rings. The minimum absolute atomic E-state index is 0.0511. The molecule has 0 bridgehead atoms. The second-order valence-electron chi connectivity index (χ2n) is 3.85. The van der Waals surface area contributed by atoms with Crippen molar-refractivity contribution in [2.75, 3.05) is 25.6 Å². The lowest BCUT2D eigenvalue weighted by Crippen LogP contribution is -2.29. The highest BCUT2D eigenvalue weighted by molar-refractivity contribution is 5.85. The molecule has 98 valence electrons. The van der Waals surface area contributed by atoms with E-state index >= 15 is 0 Å². The van der Waals surface area contributed by atoms with E-state index in [1.54, 1.807) is 24.9 Å². The standard InChI is InChI=1S/C11H15N3O4/c1-7(10(15)16)6-14(2)8-4-5-12-9(13-8)11(17)18-3/h4-5,7H,6H2,1-3H3,(H,15,16). The molecule has 0 radical (unpaired) electrons. The first kappa shape index (κ1) is 13.9. The highest BCUT2D eigenvalue weighted by atomic mass is 16.5. The van der Waals surface area contributed by atoms with E-state index in [-0.39, 0.29) is 12.4 Å². The van der Waals surface area contributed by atoms with Crippen LogP contribution < -0.4 is 4.90 Å². The lowest BCUT2D eigenvalue weighted by molar-refractivity contribution is -0.140. The summed E-state index contributed by atoms with van der Waals surface area (Å²) in [4.78, 5) is 31.4. The Morgan fingerprint density at radius 1 is 1.56 bits per heavy atom. The lowest BCUT2D eigenvalue weighted by Gasteiger charge is -2.20. The first-order valence-corrected chi connectivity index (χ1v) is 5.31. The summed E-state index contributed by atoms with van der Waals surface area (Å²) in [6, 6.07) is 1.60. The number of aliphatic carboxylic acids is 1. The fourth-order valence-corrected chi connectivity index (χ4v) is 1.33. The number of rotatable bonds is 5. The molecule has 0 aliphatic heterocycles. The van der Waals surface area contributed by atoms with E-state index in [2.05, 4.69) is 14.7 Å². The molecule has 1 aromatic heterocycles. The Morgan fingerprint density at radius 3 is 2.78 bits per heavy atom. The van der Waals surface area contributed by atoms with Crippen molar-refractivity contribution in [3.8, 4) is 0 Å². The van der Waals surface area contributed by atoms with E-state index in [1.807, 2.05) is 0 Å². The molecular weight excluding hydrogens is 238 g/mol. The van der Waals surface area contributed by atoms with Gasteiger partial charge in [-0.15, -0.1) is 0 Å². The van der Waals surface area contributed by atoms with Gasteiger partial charge in [-0.1, -0.05) is 6.92 Å². The zero-order valence-corrected chi connectivity index (χ0v) is 10.5. The highest BCUT2D eigenvalue weighted by Gasteiger charge is 2.16. The van der Waals surface area contributed by atoms with Gasteiger partial charge in [-0.3, -0.25) is 4.79 Å². The third-order valence-corrected chi connectivity index (χ3v) is 2.37. The summed E-state index contributed by atoms with van der Waals surface area (Å²) in [7, 11) is 2.94. The lowest BCUT2D eigenvalue weighted by atomic mass is 10.2. The Labute approximate surface area is 104 Å². The van der Waals surface area contributed by atoms with Gasteiger partial charge >= 0.3 is 11.9 Å². The van der Waals surface area contributed by atoms with Crippen LogP contribution in [0.2, 0.25) is 0 Å². The molecule has 0 aliphatic carbocycles. The van der Waals surface area contributed by atoms with Crippen LogP contribution >= 0.6 is 0 Å². The molecule has 1 atom stereocenters. The van der Waals surface area contributed by atoms with Crippen LogP contribution in [0.3, 0.4) is 0 Å². The van der Waals surface area contributed by atoms with Crippen LogP contribution in [0, 0.1) is 5.92 Å². The first-order chi connectivity index (χ1) is 8.45. The van der Waals surface area contributed by atoms with Crippen LogP contribution in [0.5, 0.6) is 0 Å². The fraction of sp³-hybridized carbons (Fsp3) is 0.455. The average molecular weight is 253 g/mol. The zero-order valence-electron chi connectivity index (χ0n) is 10.5. The van der Waals surface area contributed by atoms with Gasteiger partial charge in [-0.25, -0.2) is 14.8 Å². The third kappa shape index (κ3) is 3.41. The van der Waals surface area contributed by atoms with E-state index in [0.717, 1.165) is 0 Å². The number of ether oxygens (including phenoxy) is 1. The number of hydrogen-bond donors (Lipinski definition) is 1. The molecule has 0 aromatic carbocycles. The maximum absolute atomic E-state index is 11.3. The summed E-state index contributed by atoms with van der Waals surface area (Å²) in [5.74, 6) is -1.63. The quantitative estimate of drug-likeness (QED) is 0.760. The van der Waals surface area contributed by atoms with E-state index in [1.165, 1.54) is 13.3 Å². The molecule has 1 unspecified atom stereocenters. The van der Waals surface area contributed by atoms with Gasteiger partial charge in [0.25, 0.3) is 0 Å². The smallest absolute Gasteiger partial charge is 0.376 e. The molecule has 0 saturated carbocycles. The van der Waals surface area contributed by atoms with Gasteiger partial charge in [0.05, 0.1) is 13.0 Å². The maximum atomic E-state index is 11.3. The topological polar surface area (TPSA) is 92.6 Å². The molecule has 0 saturated heterocycles. The molecule has 0 amide bonds. The summed E-state index contributed by atoms with van der Waals surface area (Å²) in [5.41, 5.74) is 0. The zero-order chi connectivity index (χ0) is 13.7. The van der Waals surface area contributed by atoms with Gasteiger partial charge in [-0.05, 0) is 6.07 Å². The van der Waals surface area contributed by atoms with Gasteiger partial charge in [0, 0.05) is 19.8 Å². The summed E-state index contributed by atoms with van der Waals surface area (Å²) in [6.07, 6.45) is 1.43. The van der Waals surface area contributed by atoms with Crippen molar-refractivity contribution < 1.29 is 19.4 Å². The average Bonchev–Trinajstić information content (AvgIpc) is 2.37. The van der Waals surface area contributed by atoms with Crippen LogP contribution in [-0.4, -0.2) is 47.7 Å². The number of anilines is 1. The van der Waals surface area contributed by atoms with Crippen LogP contribution in [0.25, 0.3) is 0 Å². The van der Waals surface area contributed by atoms with Gasteiger partial charge in [0.15, 0.2) is 0 Å². The van der Waals surface area contributed by atoms with Crippen LogP contribution in [0.1, 0.15) is 17.5 Å². The Morgan fingerprint density at radius 2 is 2.22 bits per heavy atom. The van der Waals surface area contributed by atoms with Gasteiger partial charge in [0.1, 0.15) is 5.82 Å². The number of carbonyl (C=O) groups is 2. The Balaban J connectivity index is 2.83. The minimum atomic E-state index is -0.885. The van der Waals surface area contributed by atoms with Crippen molar-refractivity contribution in [2.45, 2.75) is 6.92 Å². The second-order valence-corrected chi connectivity index (χ2v) is 3.85. The van der Waals surface area contributed by atoms with E-state index in [0.29, 0.717) is 5.82 Å². The molecule has 1 rings (SSSR count). The number of hydrogen-bond acceptors (Lipinski definition) is 6. The van der Waals surface area contributed by atoms with Gasteiger partial charge < -0.3 is 14.7 Å². The number of carbonyl (C=O) groups excluding carboxylic acids is 1. The predicted octanol–water partition coefficient (Wildman–Crippen LogP) is 0.420. The molecule has 1 N–H and O–H groups in total. The fourth-order valence-electron chi connectivity index (χ4n) is 1.33. The predicted molar refractivity (Wildman–Crippen MR) is 63.4 cm³/mol. The second kappa shape index (κ2) is 5.95. The summed E-state index contributed by atoms with van der Waals surface area (Å²) in [6.45, 7) is 1.88. The third-order valence-electron chi connectivity index (χ3n) is 2.37. The molecule has 1 heterocycles. The maximum Gasteiger partial charge on any atom is 0.376 e. The molecule has 0 fully saturated rings. The van der Waals surface area contributed by atoms with Gasteiger partial charge in [0.2, 0.25) is 5.82 Å². The van der Waals surface area contributed by atoms with Crippen LogP contribution in [0.4, 0.5) is 5.82 Å².